The molecular weight excluding hydrogens is 204 g/mol. The Balaban J connectivity index is 2.22. The molecule has 0 saturated carbocycles. The lowest BCUT2D eigenvalue weighted by atomic mass is 10.1. The van der Waals surface area contributed by atoms with E-state index in [1.807, 2.05) is 13.0 Å². The fourth-order valence-corrected chi connectivity index (χ4v) is 1.93. The first-order valence-corrected chi connectivity index (χ1v) is 5.26. The molecular formula is C11H16N4O. The van der Waals surface area contributed by atoms with E-state index in [0.717, 1.165) is 18.7 Å². The highest BCUT2D eigenvalue weighted by Crippen LogP contribution is 2.26. The van der Waals surface area contributed by atoms with E-state index in [0.29, 0.717) is 12.2 Å². The van der Waals surface area contributed by atoms with E-state index in [4.69, 9.17) is 11.1 Å². The van der Waals surface area contributed by atoms with Crippen LogP contribution in [0.5, 0.6) is 0 Å². The molecule has 86 valence electrons. The Kier molecular flexibility index (Phi) is 2.55. The first-order chi connectivity index (χ1) is 7.48. The third-order valence-corrected chi connectivity index (χ3v) is 2.84. The van der Waals surface area contributed by atoms with E-state index in [1.54, 1.807) is 12.3 Å². The second-order valence-electron chi connectivity index (χ2n) is 4.48. The van der Waals surface area contributed by atoms with Crippen molar-refractivity contribution >= 4 is 11.5 Å². The van der Waals surface area contributed by atoms with E-state index in [-0.39, 0.29) is 5.84 Å². The van der Waals surface area contributed by atoms with Gasteiger partial charge in [0.05, 0.1) is 5.60 Å². The maximum atomic E-state index is 9.88. The van der Waals surface area contributed by atoms with Gasteiger partial charge in [0.15, 0.2) is 0 Å². The standard InChI is InChI=1S/C11H16N4O/c1-11(16)3-5-15(7-11)8-2-4-14-9(6-8)10(12)13/h2,4,6,16H,3,5,7H2,1H3,(H3,12,13). The topological polar surface area (TPSA) is 86.2 Å². The minimum Gasteiger partial charge on any atom is -0.388 e. The summed E-state index contributed by atoms with van der Waals surface area (Å²) < 4.78 is 0. The van der Waals surface area contributed by atoms with Gasteiger partial charge in [0.1, 0.15) is 11.5 Å². The number of hydrogen-bond acceptors (Lipinski definition) is 4. The van der Waals surface area contributed by atoms with Gasteiger partial charge in [-0.2, -0.15) is 0 Å². The fraction of sp³-hybridized carbons (Fsp3) is 0.455. The molecule has 2 rings (SSSR count). The highest BCUT2D eigenvalue weighted by Gasteiger charge is 2.31. The lowest BCUT2D eigenvalue weighted by Crippen LogP contribution is -2.29. The Labute approximate surface area is 94.4 Å². The van der Waals surface area contributed by atoms with Crippen LogP contribution < -0.4 is 10.6 Å². The lowest BCUT2D eigenvalue weighted by molar-refractivity contribution is 0.0839. The monoisotopic (exact) mass is 220 g/mol. The van der Waals surface area contributed by atoms with Gasteiger partial charge in [0.2, 0.25) is 0 Å². The van der Waals surface area contributed by atoms with Crippen molar-refractivity contribution in [3.8, 4) is 0 Å². The van der Waals surface area contributed by atoms with Crippen LogP contribution in [0.15, 0.2) is 18.3 Å². The number of nitrogens with one attached hydrogen (secondary N) is 1. The zero-order valence-electron chi connectivity index (χ0n) is 9.27. The second-order valence-corrected chi connectivity index (χ2v) is 4.48. The van der Waals surface area contributed by atoms with Crippen molar-refractivity contribution in [2.45, 2.75) is 18.9 Å². The van der Waals surface area contributed by atoms with E-state index in [1.165, 1.54) is 0 Å². The maximum Gasteiger partial charge on any atom is 0.141 e. The van der Waals surface area contributed by atoms with Crippen molar-refractivity contribution in [2.24, 2.45) is 5.73 Å². The van der Waals surface area contributed by atoms with E-state index in [9.17, 15) is 5.11 Å². The highest BCUT2D eigenvalue weighted by atomic mass is 16.3. The van der Waals surface area contributed by atoms with Crippen LogP contribution in [-0.4, -0.2) is 34.6 Å². The van der Waals surface area contributed by atoms with Crippen LogP contribution in [0.2, 0.25) is 0 Å². The lowest BCUT2D eigenvalue weighted by Gasteiger charge is -2.21. The molecule has 5 nitrogen and oxygen atoms in total. The van der Waals surface area contributed by atoms with Crippen LogP contribution in [0.25, 0.3) is 0 Å². The van der Waals surface area contributed by atoms with Gasteiger partial charge < -0.3 is 15.7 Å². The fourth-order valence-electron chi connectivity index (χ4n) is 1.93. The van der Waals surface area contributed by atoms with Crippen LogP contribution in [0.3, 0.4) is 0 Å². The molecule has 0 radical (unpaired) electrons. The SMILES string of the molecule is CC1(O)CCN(c2ccnc(C(=N)N)c2)C1. The predicted octanol–water partition coefficient (Wildman–Crippen LogP) is 0.327. The van der Waals surface area contributed by atoms with Gasteiger partial charge in [-0.05, 0) is 25.5 Å². The Morgan fingerprint density at radius 2 is 2.44 bits per heavy atom. The zero-order chi connectivity index (χ0) is 11.8. The molecule has 2 heterocycles. The summed E-state index contributed by atoms with van der Waals surface area (Å²) in [6, 6.07) is 3.65. The Bertz CT molecular complexity index is 416. The van der Waals surface area contributed by atoms with Crippen LogP contribution >= 0.6 is 0 Å². The smallest absolute Gasteiger partial charge is 0.141 e. The van der Waals surface area contributed by atoms with Crippen LogP contribution in [-0.2, 0) is 0 Å². The molecule has 1 atom stereocenters. The molecule has 1 aromatic heterocycles. The molecule has 4 N–H and O–H groups in total. The highest BCUT2D eigenvalue weighted by molar-refractivity contribution is 5.93. The van der Waals surface area contributed by atoms with Crippen molar-refractivity contribution in [3.05, 3.63) is 24.0 Å². The number of nitrogens with zero attached hydrogens (tertiary/aromatic N) is 2. The van der Waals surface area contributed by atoms with Crippen molar-refractivity contribution in [1.29, 1.82) is 5.41 Å². The molecule has 1 unspecified atom stereocenters. The number of rotatable bonds is 2. The molecule has 0 bridgehead atoms. The van der Waals surface area contributed by atoms with E-state index in [2.05, 4.69) is 9.88 Å². The second kappa shape index (κ2) is 3.75. The predicted molar refractivity (Wildman–Crippen MR) is 62.7 cm³/mol. The molecule has 1 aliphatic heterocycles. The van der Waals surface area contributed by atoms with Gasteiger partial charge in [-0.15, -0.1) is 0 Å². The summed E-state index contributed by atoms with van der Waals surface area (Å²) >= 11 is 0. The van der Waals surface area contributed by atoms with Gasteiger partial charge in [0, 0.05) is 25.0 Å². The summed E-state index contributed by atoms with van der Waals surface area (Å²) in [4.78, 5) is 6.09. The number of aromatic nitrogens is 1. The summed E-state index contributed by atoms with van der Waals surface area (Å²) in [6.07, 6.45) is 2.39. The van der Waals surface area contributed by atoms with Gasteiger partial charge in [-0.25, -0.2) is 0 Å². The molecule has 1 fully saturated rings. The summed E-state index contributed by atoms with van der Waals surface area (Å²) in [5.74, 6) is -0.0344. The average molecular weight is 220 g/mol. The third-order valence-electron chi connectivity index (χ3n) is 2.84. The summed E-state index contributed by atoms with van der Waals surface area (Å²) in [6.45, 7) is 3.25. The van der Waals surface area contributed by atoms with Gasteiger partial charge in [-0.1, -0.05) is 0 Å². The Morgan fingerprint density at radius 3 is 3.00 bits per heavy atom. The molecule has 0 amide bonds. The Morgan fingerprint density at radius 1 is 1.69 bits per heavy atom. The van der Waals surface area contributed by atoms with Crippen LogP contribution in [0.4, 0.5) is 5.69 Å². The number of nitrogens with two attached hydrogens (primary N) is 1. The number of β-amino-alcohol motifs (C(OH)–C–C–N with tert-alkyl or cyclic N) is 1. The number of hydrogen-bond donors (Lipinski definition) is 3. The van der Waals surface area contributed by atoms with Crippen molar-refractivity contribution in [2.75, 3.05) is 18.0 Å². The zero-order valence-corrected chi connectivity index (χ0v) is 9.27. The van der Waals surface area contributed by atoms with Gasteiger partial charge in [-0.3, -0.25) is 10.4 Å². The number of nitrogen functional groups attached to an aromatic ring is 1. The minimum atomic E-state index is -0.625. The summed E-state index contributed by atoms with van der Waals surface area (Å²) in [7, 11) is 0. The van der Waals surface area contributed by atoms with Crippen molar-refractivity contribution in [3.63, 3.8) is 0 Å². The van der Waals surface area contributed by atoms with E-state index < -0.39 is 5.60 Å². The summed E-state index contributed by atoms with van der Waals surface area (Å²) in [5, 5.41) is 17.2. The normalized spacial score (nSPS) is 24.8. The molecule has 0 aliphatic carbocycles. The van der Waals surface area contributed by atoms with Gasteiger partial charge >= 0.3 is 0 Å². The summed E-state index contributed by atoms with van der Waals surface area (Å²) in [5.41, 5.74) is 6.19. The number of pyridine rings is 1. The Hall–Kier alpha value is -1.62. The first-order valence-electron chi connectivity index (χ1n) is 5.26. The number of amidine groups is 1. The minimum absolute atomic E-state index is 0.0344. The first kappa shape index (κ1) is 10.9. The van der Waals surface area contributed by atoms with Crippen molar-refractivity contribution in [1.82, 2.24) is 4.98 Å². The number of anilines is 1. The molecule has 1 aromatic rings. The quantitative estimate of drug-likeness (QED) is 0.495. The molecule has 1 saturated heterocycles. The van der Waals surface area contributed by atoms with E-state index >= 15 is 0 Å². The largest absolute Gasteiger partial charge is 0.388 e. The maximum absolute atomic E-state index is 9.88. The average Bonchev–Trinajstić information content (AvgIpc) is 2.59. The molecule has 16 heavy (non-hydrogen) atoms. The number of aliphatic hydroxyl groups is 1. The molecule has 0 spiro atoms. The molecule has 0 aromatic carbocycles. The van der Waals surface area contributed by atoms with Crippen molar-refractivity contribution < 1.29 is 5.11 Å². The van der Waals surface area contributed by atoms with Gasteiger partial charge in [0.25, 0.3) is 0 Å². The van der Waals surface area contributed by atoms with Crippen LogP contribution in [0, 0.1) is 5.41 Å². The molecule has 5 heteroatoms. The molecule has 1 aliphatic rings. The van der Waals surface area contributed by atoms with Crippen LogP contribution in [0.1, 0.15) is 19.0 Å². The third kappa shape index (κ3) is 2.14.